The molecule has 2 aromatic rings. The molecule has 0 unspecified atom stereocenters. The third-order valence-electron chi connectivity index (χ3n) is 5.96. The van der Waals surface area contributed by atoms with Crippen LogP contribution in [-0.4, -0.2) is 51.1 Å². The fourth-order valence-electron chi connectivity index (χ4n) is 4.14. The number of pyridine rings is 1. The Morgan fingerprint density at radius 1 is 1.07 bits per heavy atom. The van der Waals surface area contributed by atoms with E-state index in [9.17, 15) is 14.4 Å². The number of likely N-dealkylation sites (tertiary alicyclic amines) is 1. The molecule has 4 rings (SSSR count). The number of aryl methyl sites for hydroxylation is 1. The zero-order valence-corrected chi connectivity index (χ0v) is 17.6. The minimum Gasteiger partial charge on any atom is -0.337 e. The molecular formula is C18H25Cl2N5O3. The molecule has 1 N–H and O–H groups in total. The Labute approximate surface area is 174 Å². The third-order valence-corrected chi connectivity index (χ3v) is 5.96. The average molecular weight is 430 g/mol. The number of nitrogens with zero attached hydrogens (tertiary/aromatic N) is 4. The van der Waals surface area contributed by atoms with Gasteiger partial charge >= 0.3 is 5.69 Å². The van der Waals surface area contributed by atoms with Gasteiger partial charge in [0.1, 0.15) is 11.3 Å². The van der Waals surface area contributed by atoms with Gasteiger partial charge in [-0.05, 0) is 43.4 Å². The van der Waals surface area contributed by atoms with Gasteiger partial charge in [-0.3, -0.25) is 18.7 Å². The predicted molar refractivity (Wildman–Crippen MR) is 112 cm³/mol. The molecule has 2 saturated heterocycles. The first-order valence-corrected chi connectivity index (χ1v) is 8.99. The second-order valence-corrected chi connectivity index (χ2v) is 7.49. The molecule has 0 aromatic carbocycles. The number of hydrogen-bond acceptors (Lipinski definition) is 5. The Morgan fingerprint density at radius 2 is 1.75 bits per heavy atom. The minimum absolute atomic E-state index is 0. The van der Waals surface area contributed by atoms with Crippen LogP contribution in [0.25, 0.3) is 11.0 Å². The number of hydrogen-bond donors (Lipinski definition) is 1. The third kappa shape index (κ3) is 3.56. The van der Waals surface area contributed by atoms with E-state index in [1.807, 2.05) is 4.90 Å². The van der Waals surface area contributed by atoms with Crippen LogP contribution in [0.15, 0.2) is 21.7 Å². The lowest BCUT2D eigenvalue weighted by molar-refractivity contribution is 0.0602. The van der Waals surface area contributed by atoms with Crippen molar-refractivity contribution in [1.29, 1.82) is 0 Å². The van der Waals surface area contributed by atoms with Crippen LogP contribution in [-0.2, 0) is 14.1 Å². The number of piperidine rings is 1. The van der Waals surface area contributed by atoms with Gasteiger partial charge in [-0.15, -0.1) is 24.8 Å². The van der Waals surface area contributed by atoms with Crippen molar-refractivity contribution in [1.82, 2.24) is 24.3 Å². The number of rotatable bonds is 1. The summed E-state index contributed by atoms with van der Waals surface area (Å²) < 4.78 is 2.36. The van der Waals surface area contributed by atoms with Crippen molar-refractivity contribution in [2.45, 2.75) is 19.3 Å². The molecule has 0 bridgehead atoms. The van der Waals surface area contributed by atoms with E-state index in [2.05, 4.69) is 10.3 Å². The Balaban J connectivity index is 0.00000140. The summed E-state index contributed by atoms with van der Waals surface area (Å²) in [5.41, 5.74) is 0.0131. The zero-order valence-electron chi connectivity index (χ0n) is 15.9. The fourth-order valence-corrected chi connectivity index (χ4v) is 4.14. The van der Waals surface area contributed by atoms with Gasteiger partial charge in [0.15, 0.2) is 0 Å². The van der Waals surface area contributed by atoms with Gasteiger partial charge in [-0.2, -0.15) is 0 Å². The van der Waals surface area contributed by atoms with E-state index >= 15 is 0 Å². The van der Waals surface area contributed by atoms with E-state index in [0.717, 1.165) is 43.6 Å². The fraction of sp³-hybridized carbons (Fsp3) is 0.556. The van der Waals surface area contributed by atoms with Crippen LogP contribution >= 0.6 is 24.8 Å². The Kier molecular flexibility index (Phi) is 6.58. The molecule has 1 amide bonds. The molecule has 28 heavy (non-hydrogen) atoms. The maximum absolute atomic E-state index is 12.9. The van der Waals surface area contributed by atoms with Gasteiger partial charge < -0.3 is 10.2 Å². The summed E-state index contributed by atoms with van der Waals surface area (Å²) in [6.45, 7) is 3.53. The maximum atomic E-state index is 12.9. The van der Waals surface area contributed by atoms with Gasteiger partial charge in [0.25, 0.3) is 11.5 Å². The van der Waals surface area contributed by atoms with E-state index in [4.69, 9.17) is 0 Å². The highest BCUT2D eigenvalue weighted by atomic mass is 35.5. The van der Waals surface area contributed by atoms with Gasteiger partial charge in [0, 0.05) is 33.7 Å². The number of aromatic nitrogens is 3. The molecule has 2 aliphatic rings. The number of fused-ring (bicyclic) bond motifs is 1. The highest BCUT2D eigenvalue weighted by Crippen LogP contribution is 2.37. The summed E-state index contributed by atoms with van der Waals surface area (Å²) in [6.07, 6.45) is 3.17. The van der Waals surface area contributed by atoms with Gasteiger partial charge in [-0.1, -0.05) is 0 Å². The lowest BCUT2D eigenvalue weighted by Crippen LogP contribution is -2.44. The van der Waals surface area contributed by atoms with Crippen molar-refractivity contribution >= 4 is 41.8 Å². The summed E-state index contributed by atoms with van der Waals surface area (Å²) >= 11 is 0. The Bertz CT molecular complexity index is 1000. The number of carbonyl (C=O) groups excluding carboxylic acids is 1. The standard InChI is InChI=1S/C18H23N5O3.2ClH/c1-21-14-12(15(24)22(2)17(21)26)3-4-13(20-14)16(25)23-9-6-18(7-10-23)5-8-19-11-18;;/h3-4,19H,5-11H2,1-2H3;2*1H. The van der Waals surface area contributed by atoms with Gasteiger partial charge in [0.05, 0.1) is 5.39 Å². The summed E-state index contributed by atoms with van der Waals surface area (Å²) in [7, 11) is 2.99. The molecule has 0 radical (unpaired) electrons. The molecule has 0 aliphatic carbocycles. The molecule has 0 saturated carbocycles. The van der Waals surface area contributed by atoms with E-state index in [1.165, 1.54) is 18.0 Å². The first-order chi connectivity index (χ1) is 12.4. The molecule has 4 heterocycles. The Morgan fingerprint density at radius 3 is 2.36 bits per heavy atom. The smallest absolute Gasteiger partial charge is 0.332 e. The minimum atomic E-state index is -0.451. The monoisotopic (exact) mass is 429 g/mol. The van der Waals surface area contributed by atoms with Crippen LogP contribution in [0.3, 0.4) is 0 Å². The van der Waals surface area contributed by atoms with Crippen LogP contribution < -0.4 is 16.6 Å². The lowest BCUT2D eigenvalue weighted by Gasteiger charge is -2.38. The van der Waals surface area contributed by atoms with Crippen molar-refractivity contribution in [2.24, 2.45) is 19.5 Å². The van der Waals surface area contributed by atoms with Crippen LogP contribution in [0.5, 0.6) is 0 Å². The SMILES string of the molecule is Cl.Cl.Cn1c(=O)c2ccc(C(=O)N3CCC4(CCNC4)CC3)nc2n(C)c1=O. The quantitative estimate of drug-likeness (QED) is 0.720. The lowest BCUT2D eigenvalue weighted by atomic mass is 9.78. The average Bonchev–Trinajstić information content (AvgIpc) is 3.12. The van der Waals surface area contributed by atoms with Crippen molar-refractivity contribution < 1.29 is 4.79 Å². The molecule has 2 aromatic heterocycles. The molecule has 154 valence electrons. The number of carbonyl (C=O) groups is 1. The normalized spacial score (nSPS) is 18.0. The van der Waals surface area contributed by atoms with E-state index in [-0.39, 0.29) is 42.1 Å². The highest BCUT2D eigenvalue weighted by molar-refractivity contribution is 5.94. The summed E-state index contributed by atoms with van der Waals surface area (Å²) in [4.78, 5) is 43.4. The van der Waals surface area contributed by atoms with Gasteiger partial charge in [0.2, 0.25) is 0 Å². The Hall–Kier alpha value is -1.90. The molecule has 0 atom stereocenters. The molecule has 10 heteroatoms. The predicted octanol–water partition coefficient (Wildman–Crippen LogP) is 0.691. The van der Waals surface area contributed by atoms with E-state index < -0.39 is 11.2 Å². The number of halogens is 2. The van der Waals surface area contributed by atoms with E-state index in [0.29, 0.717) is 10.8 Å². The van der Waals surface area contributed by atoms with Crippen molar-refractivity contribution in [2.75, 3.05) is 26.2 Å². The topological polar surface area (TPSA) is 89.2 Å². The highest BCUT2D eigenvalue weighted by Gasteiger charge is 2.38. The summed E-state index contributed by atoms with van der Waals surface area (Å²) in [5, 5.41) is 3.75. The second-order valence-electron chi connectivity index (χ2n) is 7.49. The first-order valence-electron chi connectivity index (χ1n) is 8.99. The summed E-state index contributed by atoms with van der Waals surface area (Å²) in [6, 6.07) is 3.17. The van der Waals surface area contributed by atoms with Crippen LogP contribution in [0, 0.1) is 5.41 Å². The van der Waals surface area contributed by atoms with Crippen LogP contribution in [0.4, 0.5) is 0 Å². The first kappa shape index (κ1) is 22.4. The molecule has 1 spiro atoms. The zero-order chi connectivity index (χ0) is 18.5. The van der Waals surface area contributed by atoms with Crippen LogP contribution in [0.2, 0.25) is 0 Å². The summed E-state index contributed by atoms with van der Waals surface area (Å²) in [5.74, 6) is -0.138. The molecule has 8 nitrogen and oxygen atoms in total. The van der Waals surface area contributed by atoms with Crippen molar-refractivity contribution in [3.8, 4) is 0 Å². The van der Waals surface area contributed by atoms with Gasteiger partial charge in [-0.25, -0.2) is 9.78 Å². The van der Waals surface area contributed by atoms with Crippen molar-refractivity contribution in [3.05, 3.63) is 38.7 Å². The molecule has 2 fully saturated rings. The number of amides is 1. The van der Waals surface area contributed by atoms with Crippen LogP contribution in [0.1, 0.15) is 29.8 Å². The number of nitrogens with one attached hydrogen (secondary N) is 1. The largest absolute Gasteiger partial charge is 0.337 e. The maximum Gasteiger partial charge on any atom is 0.332 e. The second kappa shape index (κ2) is 8.23. The van der Waals surface area contributed by atoms with Crippen molar-refractivity contribution in [3.63, 3.8) is 0 Å². The van der Waals surface area contributed by atoms with E-state index in [1.54, 1.807) is 19.2 Å². The molecule has 2 aliphatic heterocycles. The molecular weight excluding hydrogens is 405 g/mol.